The minimum absolute atomic E-state index is 0.0596. The number of ether oxygens (including phenoxy) is 3. The summed E-state index contributed by atoms with van der Waals surface area (Å²) in [5.74, 6) is -0.361. The first-order valence-corrected chi connectivity index (χ1v) is 6.67. The average Bonchev–Trinajstić information content (AvgIpc) is 2.85. The highest BCUT2D eigenvalue weighted by Crippen LogP contribution is 2.38. The molecule has 2 aliphatic rings. The molecule has 1 saturated carbocycles. The van der Waals surface area contributed by atoms with E-state index >= 15 is 0 Å². The minimum Gasteiger partial charge on any atom is -0.444 e. The van der Waals surface area contributed by atoms with Crippen molar-refractivity contribution in [1.82, 2.24) is 5.32 Å². The molecule has 1 amide bonds. The van der Waals surface area contributed by atoms with E-state index < -0.39 is 11.7 Å². The van der Waals surface area contributed by atoms with Gasteiger partial charge in [0, 0.05) is 19.4 Å². The Balaban J connectivity index is 1.70. The van der Waals surface area contributed by atoms with Crippen molar-refractivity contribution in [2.24, 2.45) is 0 Å². The van der Waals surface area contributed by atoms with Crippen LogP contribution in [0.1, 0.15) is 46.5 Å². The van der Waals surface area contributed by atoms with Crippen molar-refractivity contribution >= 4 is 6.09 Å². The summed E-state index contributed by atoms with van der Waals surface area (Å²) in [5, 5.41) is 2.72. The Labute approximate surface area is 108 Å². The van der Waals surface area contributed by atoms with Crippen LogP contribution in [0.15, 0.2) is 0 Å². The van der Waals surface area contributed by atoms with Gasteiger partial charge in [-0.25, -0.2) is 4.79 Å². The van der Waals surface area contributed by atoms with Crippen molar-refractivity contribution in [3.05, 3.63) is 0 Å². The highest BCUT2D eigenvalue weighted by molar-refractivity contribution is 5.67. The number of hydrogen-bond donors (Lipinski definition) is 1. The van der Waals surface area contributed by atoms with Gasteiger partial charge in [0.05, 0.1) is 6.61 Å². The number of hydrogen-bond acceptors (Lipinski definition) is 4. The smallest absolute Gasteiger partial charge is 0.407 e. The van der Waals surface area contributed by atoms with E-state index in [0.29, 0.717) is 13.2 Å². The van der Waals surface area contributed by atoms with Gasteiger partial charge in [0.2, 0.25) is 0 Å². The van der Waals surface area contributed by atoms with Gasteiger partial charge in [-0.05, 0) is 33.6 Å². The van der Waals surface area contributed by atoms with Crippen LogP contribution in [0.25, 0.3) is 0 Å². The van der Waals surface area contributed by atoms with Crippen LogP contribution in [0, 0.1) is 0 Å². The molecule has 0 aromatic rings. The van der Waals surface area contributed by atoms with Gasteiger partial charge < -0.3 is 19.5 Å². The third kappa shape index (κ3) is 3.59. The van der Waals surface area contributed by atoms with Crippen molar-refractivity contribution in [3.63, 3.8) is 0 Å². The predicted octanol–water partition coefficient (Wildman–Crippen LogP) is 2.20. The molecular formula is C13H23NO4. The van der Waals surface area contributed by atoms with Gasteiger partial charge in [-0.1, -0.05) is 0 Å². The summed E-state index contributed by atoms with van der Waals surface area (Å²) in [6, 6.07) is 0. The van der Waals surface area contributed by atoms with E-state index in [1.807, 2.05) is 20.8 Å². The van der Waals surface area contributed by atoms with Crippen molar-refractivity contribution in [2.75, 3.05) is 13.2 Å². The quantitative estimate of drug-likeness (QED) is 0.824. The third-order valence-corrected chi connectivity index (χ3v) is 3.15. The molecule has 2 rings (SSSR count). The highest BCUT2D eigenvalue weighted by Gasteiger charge is 2.43. The van der Waals surface area contributed by atoms with Gasteiger partial charge in [0.25, 0.3) is 0 Å². The van der Waals surface area contributed by atoms with E-state index in [2.05, 4.69) is 5.32 Å². The molecule has 1 heterocycles. The zero-order chi connectivity index (χ0) is 13.2. The van der Waals surface area contributed by atoms with Crippen molar-refractivity contribution in [2.45, 2.75) is 63.9 Å². The summed E-state index contributed by atoms with van der Waals surface area (Å²) < 4.78 is 16.8. The Morgan fingerprint density at radius 2 is 2.06 bits per heavy atom. The van der Waals surface area contributed by atoms with Gasteiger partial charge >= 0.3 is 6.09 Å². The summed E-state index contributed by atoms with van der Waals surface area (Å²) in [7, 11) is 0. The first kappa shape index (κ1) is 13.6. The number of amides is 1. The zero-order valence-electron chi connectivity index (χ0n) is 11.5. The maximum absolute atomic E-state index is 11.5. The molecule has 0 radical (unpaired) electrons. The lowest BCUT2D eigenvalue weighted by Crippen LogP contribution is -2.38. The molecule has 5 heteroatoms. The van der Waals surface area contributed by atoms with Gasteiger partial charge in [0.1, 0.15) is 11.7 Å². The van der Waals surface area contributed by atoms with Gasteiger partial charge in [-0.2, -0.15) is 0 Å². The van der Waals surface area contributed by atoms with Gasteiger partial charge in [0.15, 0.2) is 5.79 Å². The van der Waals surface area contributed by atoms with Crippen molar-refractivity contribution in [1.29, 1.82) is 0 Å². The van der Waals surface area contributed by atoms with E-state index in [0.717, 1.165) is 25.7 Å². The zero-order valence-corrected chi connectivity index (χ0v) is 11.5. The Morgan fingerprint density at radius 3 is 2.67 bits per heavy atom. The van der Waals surface area contributed by atoms with Crippen LogP contribution >= 0.6 is 0 Å². The summed E-state index contributed by atoms with van der Waals surface area (Å²) in [6.07, 6.45) is 3.79. The Kier molecular flexibility index (Phi) is 3.82. The highest BCUT2D eigenvalue weighted by atomic mass is 16.7. The largest absolute Gasteiger partial charge is 0.444 e. The fourth-order valence-corrected chi connectivity index (χ4v) is 2.40. The first-order valence-electron chi connectivity index (χ1n) is 6.67. The molecule has 0 bridgehead atoms. The molecular weight excluding hydrogens is 234 g/mol. The Morgan fingerprint density at radius 1 is 1.39 bits per heavy atom. The second kappa shape index (κ2) is 5.05. The molecule has 1 atom stereocenters. The normalized spacial score (nSPS) is 26.5. The van der Waals surface area contributed by atoms with Crippen LogP contribution in [0.4, 0.5) is 4.79 Å². The molecule has 2 fully saturated rings. The van der Waals surface area contributed by atoms with Crippen molar-refractivity contribution < 1.29 is 19.0 Å². The Bertz CT molecular complexity index is 305. The standard InChI is InChI=1S/C13H23NO4/c1-12(2,3)18-11(15)14-8-10-9-16-13(17-10)6-4-5-7-13/h10H,4-9H2,1-3H3,(H,14,15). The van der Waals surface area contributed by atoms with Crippen molar-refractivity contribution in [3.8, 4) is 0 Å². The molecule has 0 aromatic heterocycles. The van der Waals surface area contributed by atoms with E-state index in [1.165, 1.54) is 0 Å². The maximum atomic E-state index is 11.5. The predicted molar refractivity (Wildman–Crippen MR) is 66.3 cm³/mol. The lowest BCUT2D eigenvalue weighted by atomic mass is 10.2. The second-order valence-corrected chi connectivity index (χ2v) is 6.05. The molecule has 1 N–H and O–H groups in total. The fourth-order valence-electron chi connectivity index (χ4n) is 2.40. The van der Waals surface area contributed by atoms with Crippen LogP contribution < -0.4 is 5.32 Å². The molecule has 18 heavy (non-hydrogen) atoms. The van der Waals surface area contributed by atoms with Crippen LogP contribution in [0.5, 0.6) is 0 Å². The first-order chi connectivity index (χ1) is 8.39. The third-order valence-electron chi connectivity index (χ3n) is 3.15. The summed E-state index contributed by atoms with van der Waals surface area (Å²) >= 11 is 0. The maximum Gasteiger partial charge on any atom is 0.407 e. The second-order valence-electron chi connectivity index (χ2n) is 6.05. The SMILES string of the molecule is CC(C)(C)OC(=O)NCC1COC2(CCCC2)O1. The van der Waals surface area contributed by atoms with Crippen LogP contribution in [0.3, 0.4) is 0 Å². The molecule has 5 nitrogen and oxygen atoms in total. The van der Waals surface area contributed by atoms with Gasteiger partial charge in [-0.3, -0.25) is 0 Å². The molecule has 1 aliphatic heterocycles. The fraction of sp³-hybridized carbons (Fsp3) is 0.923. The topological polar surface area (TPSA) is 56.8 Å². The summed E-state index contributed by atoms with van der Waals surface area (Å²) in [6.45, 7) is 6.52. The monoisotopic (exact) mass is 257 g/mol. The molecule has 1 spiro atoms. The lowest BCUT2D eigenvalue weighted by molar-refractivity contribution is -0.161. The summed E-state index contributed by atoms with van der Waals surface area (Å²) in [5.41, 5.74) is -0.468. The van der Waals surface area contributed by atoms with Crippen LogP contribution in [-0.2, 0) is 14.2 Å². The number of carbonyl (C=O) groups excluding carboxylic acids is 1. The minimum atomic E-state index is -0.468. The van der Waals surface area contributed by atoms with Gasteiger partial charge in [-0.15, -0.1) is 0 Å². The molecule has 1 unspecified atom stereocenters. The van der Waals surface area contributed by atoms with E-state index in [4.69, 9.17) is 14.2 Å². The number of nitrogens with one attached hydrogen (secondary N) is 1. The van der Waals surface area contributed by atoms with E-state index in [1.54, 1.807) is 0 Å². The number of rotatable bonds is 2. The van der Waals surface area contributed by atoms with Crippen LogP contribution in [0.2, 0.25) is 0 Å². The molecule has 1 saturated heterocycles. The Hall–Kier alpha value is -0.810. The summed E-state index contributed by atoms with van der Waals surface area (Å²) in [4.78, 5) is 11.5. The molecule has 0 aromatic carbocycles. The lowest BCUT2D eigenvalue weighted by Gasteiger charge is -2.23. The van der Waals surface area contributed by atoms with Crippen LogP contribution in [-0.4, -0.2) is 36.7 Å². The number of alkyl carbamates (subject to hydrolysis) is 1. The number of carbonyl (C=O) groups is 1. The van der Waals surface area contributed by atoms with E-state index in [-0.39, 0.29) is 11.9 Å². The molecule has 104 valence electrons. The molecule has 1 aliphatic carbocycles. The average molecular weight is 257 g/mol. The van der Waals surface area contributed by atoms with E-state index in [9.17, 15) is 4.79 Å².